The van der Waals surface area contributed by atoms with Crippen molar-refractivity contribution in [1.82, 2.24) is 9.55 Å². The van der Waals surface area contributed by atoms with Crippen molar-refractivity contribution in [1.29, 1.82) is 0 Å². The molecule has 3 aromatic carbocycles. The highest BCUT2D eigenvalue weighted by molar-refractivity contribution is 5.94. The third-order valence-corrected chi connectivity index (χ3v) is 4.45. The lowest BCUT2D eigenvalue weighted by molar-refractivity contribution is 0.628. The molecule has 0 bridgehead atoms. The van der Waals surface area contributed by atoms with Crippen molar-refractivity contribution in [3.8, 4) is 16.8 Å². The van der Waals surface area contributed by atoms with E-state index in [1.807, 2.05) is 55.5 Å². The number of hydrogen-bond donors (Lipinski definition) is 0. The van der Waals surface area contributed by atoms with Crippen molar-refractivity contribution >= 4 is 10.9 Å². The van der Waals surface area contributed by atoms with E-state index in [0.717, 1.165) is 16.8 Å². The predicted molar refractivity (Wildman–Crippen MR) is 102 cm³/mol. The van der Waals surface area contributed by atoms with E-state index in [2.05, 4.69) is 0 Å². The summed E-state index contributed by atoms with van der Waals surface area (Å²) >= 11 is 0. The van der Waals surface area contributed by atoms with E-state index in [1.165, 1.54) is 12.1 Å². The second kappa shape index (κ2) is 6.56. The molecular formula is C22H17FN2O. The smallest absolute Gasteiger partial charge is 0.266 e. The Hall–Kier alpha value is -3.27. The van der Waals surface area contributed by atoms with Crippen LogP contribution in [0.1, 0.15) is 12.7 Å². The van der Waals surface area contributed by atoms with Crippen molar-refractivity contribution in [2.45, 2.75) is 13.3 Å². The van der Waals surface area contributed by atoms with Crippen LogP contribution >= 0.6 is 0 Å². The molecule has 0 unspecified atom stereocenters. The summed E-state index contributed by atoms with van der Waals surface area (Å²) in [5.41, 5.74) is 2.88. The molecule has 4 aromatic rings. The maximum atomic E-state index is 13.4. The Labute approximate surface area is 150 Å². The molecule has 0 aliphatic heterocycles. The molecule has 1 aromatic heterocycles. The molecule has 26 heavy (non-hydrogen) atoms. The summed E-state index contributed by atoms with van der Waals surface area (Å²) in [5, 5.41) is 0.542. The fraction of sp³-hybridized carbons (Fsp3) is 0.0909. The Morgan fingerprint density at radius 3 is 2.35 bits per heavy atom. The number of aryl methyl sites for hydroxylation is 1. The topological polar surface area (TPSA) is 34.9 Å². The Morgan fingerprint density at radius 2 is 1.65 bits per heavy atom. The molecule has 0 aliphatic carbocycles. The van der Waals surface area contributed by atoms with Crippen LogP contribution in [0.15, 0.2) is 77.6 Å². The number of benzene rings is 3. The number of rotatable bonds is 3. The van der Waals surface area contributed by atoms with Crippen LogP contribution in [0, 0.1) is 5.82 Å². The van der Waals surface area contributed by atoms with Crippen LogP contribution in [-0.2, 0) is 6.42 Å². The summed E-state index contributed by atoms with van der Waals surface area (Å²) < 4.78 is 15.0. The minimum atomic E-state index is -0.304. The number of para-hydroxylation sites is 1. The van der Waals surface area contributed by atoms with Gasteiger partial charge in [0.05, 0.1) is 16.6 Å². The first-order chi connectivity index (χ1) is 12.7. The van der Waals surface area contributed by atoms with E-state index in [0.29, 0.717) is 23.1 Å². The molecule has 128 valence electrons. The summed E-state index contributed by atoms with van der Waals surface area (Å²) in [4.78, 5) is 18.1. The van der Waals surface area contributed by atoms with Gasteiger partial charge < -0.3 is 0 Å². The standard InChI is InChI=1S/C22H17FN2O/c1-2-20-24-19-10-6-9-18(15-11-13-16(23)14-12-15)21(19)22(26)25(20)17-7-4-3-5-8-17/h3-14H,2H2,1H3. The predicted octanol–water partition coefficient (Wildman–Crippen LogP) is 4.75. The molecule has 0 aliphatic rings. The molecule has 0 fully saturated rings. The van der Waals surface area contributed by atoms with E-state index >= 15 is 0 Å². The van der Waals surface area contributed by atoms with Crippen LogP contribution < -0.4 is 5.56 Å². The highest BCUT2D eigenvalue weighted by atomic mass is 19.1. The lowest BCUT2D eigenvalue weighted by Crippen LogP contribution is -2.24. The molecule has 0 amide bonds. The van der Waals surface area contributed by atoms with E-state index < -0.39 is 0 Å². The number of aromatic nitrogens is 2. The fourth-order valence-electron chi connectivity index (χ4n) is 3.23. The summed E-state index contributed by atoms with van der Waals surface area (Å²) in [6, 6.07) is 21.3. The van der Waals surface area contributed by atoms with Crippen molar-refractivity contribution in [3.05, 3.63) is 94.8 Å². The van der Waals surface area contributed by atoms with Gasteiger partial charge in [0.2, 0.25) is 0 Å². The van der Waals surface area contributed by atoms with Gasteiger partial charge >= 0.3 is 0 Å². The summed E-state index contributed by atoms with van der Waals surface area (Å²) in [7, 11) is 0. The Balaban J connectivity index is 2.08. The molecule has 0 saturated carbocycles. The van der Waals surface area contributed by atoms with Crippen molar-refractivity contribution in [2.24, 2.45) is 0 Å². The van der Waals surface area contributed by atoms with Crippen LogP contribution in [0.3, 0.4) is 0 Å². The molecule has 0 saturated heterocycles. The van der Waals surface area contributed by atoms with Gasteiger partial charge in [-0.15, -0.1) is 0 Å². The number of halogens is 1. The fourth-order valence-corrected chi connectivity index (χ4v) is 3.23. The van der Waals surface area contributed by atoms with Crippen LogP contribution in [0.4, 0.5) is 4.39 Å². The zero-order valence-corrected chi connectivity index (χ0v) is 14.3. The van der Waals surface area contributed by atoms with Crippen LogP contribution in [0.5, 0.6) is 0 Å². The summed E-state index contributed by atoms with van der Waals surface area (Å²) in [5.74, 6) is 0.409. The molecule has 4 heteroatoms. The first-order valence-electron chi connectivity index (χ1n) is 8.55. The molecule has 4 rings (SSSR count). The molecule has 3 nitrogen and oxygen atoms in total. The SMILES string of the molecule is CCc1nc2cccc(-c3ccc(F)cc3)c2c(=O)n1-c1ccccc1. The lowest BCUT2D eigenvalue weighted by Gasteiger charge is -2.14. The quantitative estimate of drug-likeness (QED) is 0.537. The Morgan fingerprint density at radius 1 is 0.923 bits per heavy atom. The summed E-state index contributed by atoms with van der Waals surface area (Å²) in [6.45, 7) is 1.98. The summed E-state index contributed by atoms with van der Waals surface area (Å²) in [6.07, 6.45) is 0.640. The van der Waals surface area contributed by atoms with Gasteiger partial charge in [0.25, 0.3) is 5.56 Å². The van der Waals surface area contributed by atoms with Gasteiger partial charge in [-0.2, -0.15) is 0 Å². The molecule has 0 N–H and O–H groups in total. The van der Waals surface area contributed by atoms with Crippen LogP contribution in [0.2, 0.25) is 0 Å². The second-order valence-corrected chi connectivity index (χ2v) is 6.06. The van der Waals surface area contributed by atoms with Gasteiger partial charge in [-0.25, -0.2) is 9.37 Å². The van der Waals surface area contributed by atoms with E-state index in [-0.39, 0.29) is 11.4 Å². The monoisotopic (exact) mass is 344 g/mol. The molecule has 0 spiro atoms. The third-order valence-electron chi connectivity index (χ3n) is 4.45. The maximum Gasteiger partial charge on any atom is 0.266 e. The largest absolute Gasteiger partial charge is 0.268 e. The normalized spacial score (nSPS) is 11.0. The maximum absolute atomic E-state index is 13.4. The van der Waals surface area contributed by atoms with E-state index in [9.17, 15) is 9.18 Å². The van der Waals surface area contributed by atoms with Gasteiger partial charge in [-0.05, 0) is 41.5 Å². The van der Waals surface area contributed by atoms with Gasteiger partial charge in [0, 0.05) is 6.42 Å². The van der Waals surface area contributed by atoms with Crippen molar-refractivity contribution in [2.75, 3.05) is 0 Å². The highest BCUT2D eigenvalue weighted by Crippen LogP contribution is 2.26. The molecule has 0 radical (unpaired) electrons. The van der Waals surface area contributed by atoms with E-state index in [1.54, 1.807) is 16.7 Å². The number of hydrogen-bond acceptors (Lipinski definition) is 2. The minimum absolute atomic E-state index is 0.113. The van der Waals surface area contributed by atoms with E-state index in [4.69, 9.17) is 4.98 Å². The minimum Gasteiger partial charge on any atom is -0.268 e. The van der Waals surface area contributed by atoms with Gasteiger partial charge in [0.1, 0.15) is 11.6 Å². The van der Waals surface area contributed by atoms with Gasteiger partial charge in [0.15, 0.2) is 0 Å². The van der Waals surface area contributed by atoms with Gasteiger partial charge in [-0.1, -0.05) is 49.4 Å². The Kier molecular flexibility index (Phi) is 4.09. The first kappa shape index (κ1) is 16.2. The first-order valence-corrected chi connectivity index (χ1v) is 8.55. The molecular weight excluding hydrogens is 327 g/mol. The zero-order chi connectivity index (χ0) is 18.1. The lowest BCUT2D eigenvalue weighted by atomic mass is 10.0. The zero-order valence-electron chi connectivity index (χ0n) is 14.3. The Bertz CT molecular complexity index is 1130. The van der Waals surface area contributed by atoms with Crippen LogP contribution in [-0.4, -0.2) is 9.55 Å². The molecule has 0 atom stereocenters. The number of nitrogens with zero attached hydrogens (tertiary/aromatic N) is 2. The van der Waals surface area contributed by atoms with Crippen LogP contribution in [0.25, 0.3) is 27.7 Å². The number of fused-ring (bicyclic) bond motifs is 1. The average molecular weight is 344 g/mol. The average Bonchev–Trinajstić information content (AvgIpc) is 2.68. The van der Waals surface area contributed by atoms with Gasteiger partial charge in [-0.3, -0.25) is 9.36 Å². The van der Waals surface area contributed by atoms with Crippen molar-refractivity contribution in [3.63, 3.8) is 0 Å². The van der Waals surface area contributed by atoms with Crippen molar-refractivity contribution < 1.29 is 4.39 Å². The molecule has 1 heterocycles. The highest BCUT2D eigenvalue weighted by Gasteiger charge is 2.15. The second-order valence-electron chi connectivity index (χ2n) is 6.06. The third kappa shape index (κ3) is 2.69.